The summed E-state index contributed by atoms with van der Waals surface area (Å²) in [6.07, 6.45) is 0. The number of fused-ring (bicyclic) bond motifs is 1. The number of hydrogen-bond acceptors (Lipinski definition) is 4. The van der Waals surface area contributed by atoms with Crippen molar-refractivity contribution in [1.29, 1.82) is 0 Å². The average molecular weight is 302 g/mol. The zero-order valence-corrected chi connectivity index (χ0v) is 13.0. The number of aryl methyl sites for hydroxylation is 1. The van der Waals surface area contributed by atoms with Crippen molar-refractivity contribution in [3.63, 3.8) is 0 Å². The van der Waals surface area contributed by atoms with Gasteiger partial charge in [-0.1, -0.05) is 6.07 Å². The zero-order chi connectivity index (χ0) is 15.0. The van der Waals surface area contributed by atoms with Crippen molar-refractivity contribution < 1.29 is 0 Å². The molecule has 3 N–H and O–H groups in total. The van der Waals surface area contributed by atoms with Crippen molar-refractivity contribution in [2.45, 2.75) is 32.9 Å². The molecule has 21 heavy (non-hydrogen) atoms. The number of aromatic amines is 2. The van der Waals surface area contributed by atoms with E-state index in [1.165, 1.54) is 0 Å². The van der Waals surface area contributed by atoms with E-state index < -0.39 is 0 Å². The lowest BCUT2D eigenvalue weighted by molar-refractivity contribution is 0.488. The van der Waals surface area contributed by atoms with Crippen molar-refractivity contribution in [2.75, 3.05) is 0 Å². The summed E-state index contributed by atoms with van der Waals surface area (Å²) in [5, 5.41) is 6.71. The Balaban J connectivity index is 1.79. The maximum atomic E-state index is 11.3. The molecule has 0 spiro atoms. The van der Waals surface area contributed by atoms with E-state index in [0.29, 0.717) is 0 Å². The first-order valence-corrected chi connectivity index (χ1v) is 7.81. The third-order valence-electron chi connectivity index (χ3n) is 3.62. The number of thiazole rings is 1. The van der Waals surface area contributed by atoms with Crippen LogP contribution in [0.15, 0.2) is 28.4 Å². The largest absolute Gasteiger partial charge is 0.323 e. The van der Waals surface area contributed by atoms with Gasteiger partial charge in [-0.15, -0.1) is 11.3 Å². The molecule has 2 unspecified atom stereocenters. The Morgan fingerprint density at radius 2 is 1.95 bits per heavy atom. The fourth-order valence-electron chi connectivity index (χ4n) is 2.46. The normalized spacial score (nSPS) is 14.4. The molecule has 0 amide bonds. The van der Waals surface area contributed by atoms with Gasteiger partial charge in [-0.3, -0.25) is 0 Å². The average Bonchev–Trinajstić information content (AvgIpc) is 3.02. The number of imidazole rings is 1. The van der Waals surface area contributed by atoms with Crippen LogP contribution in [0.2, 0.25) is 0 Å². The second-order valence-electron chi connectivity index (χ2n) is 5.29. The minimum absolute atomic E-state index is 0.171. The molecule has 3 aromatic rings. The van der Waals surface area contributed by atoms with Crippen LogP contribution in [-0.2, 0) is 0 Å². The first-order valence-electron chi connectivity index (χ1n) is 6.93. The molecule has 0 aliphatic carbocycles. The minimum atomic E-state index is -0.172. The third kappa shape index (κ3) is 2.91. The molecule has 110 valence electrons. The maximum Gasteiger partial charge on any atom is 0.323 e. The molecule has 0 aliphatic rings. The molecule has 0 aliphatic heterocycles. The Bertz CT molecular complexity index is 816. The third-order valence-corrected chi connectivity index (χ3v) is 4.41. The summed E-state index contributed by atoms with van der Waals surface area (Å²) in [5.74, 6) is 0. The Morgan fingerprint density at radius 1 is 1.19 bits per heavy atom. The second kappa shape index (κ2) is 5.46. The Morgan fingerprint density at radius 3 is 2.67 bits per heavy atom. The standard InChI is InChI=1S/C15H18N4OS/c1-8(16-9(2)14-7-21-10(3)17-14)11-4-5-12-13(6-11)19-15(20)18-12/h4-9,16H,1-3H3,(H2,18,19,20). The number of nitrogens with one attached hydrogen (secondary N) is 3. The predicted molar refractivity (Wildman–Crippen MR) is 85.7 cm³/mol. The number of aromatic nitrogens is 3. The fraction of sp³-hybridized carbons (Fsp3) is 0.333. The summed E-state index contributed by atoms with van der Waals surface area (Å²) >= 11 is 1.67. The van der Waals surface area contributed by atoms with E-state index in [1.807, 2.05) is 25.1 Å². The van der Waals surface area contributed by atoms with E-state index in [-0.39, 0.29) is 17.8 Å². The van der Waals surface area contributed by atoms with Crippen LogP contribution in [0, 0.1) is 6.92 Å². The van der Waals surface area contributed by atoms with Crippen LogP contribution in [0.4, 0.5) is 0 Å². The smallest absolute Gasteiger partial charge is 0.306 e. The summed E-state index contributed by atoms with van der Waals surface area (Å²) in [4.78, 5) is 21.4. The molecule has 3 rings (SSSR count). The molecule has 6 heteroatoms. The Kier molecular flexibility index (Phi) is 3.65. The van der Waals surface area contributed by atoms with Crippen LogP contribution in [0.1, 0.15) is 42.2 Å². The molecule has 5 nitrogen and oxygen atoms in total. The lowest BCUT2D eigenvalue weighted by Crippen LogP contribution is -2.22. The molecule has 2 atom stereocenters. The topological polar surface area (TPSA) is 73.6 Å². The minimum Gasteiger partial charge on any atom is -0.306 e. The highest BCUT2D eigenvalue weighted by molar-refractivity contribution is 7.09. The fourth-order valence-corrected chi connectivity index (χ4v) is 3.16. The highest BCUT2D eigenvalue weighted by Crippen LogP contribution is 2.22. The molecule has 2 aromatic heterocycles. The van der Waals surface area contributed by atoms with Crippen LogP contribution >= 0.6 is 11.3 Å². The van der Waals surface area contributed by atoms with Gasteiger partial charge in [0, 0.05) is 17.5 Å². The monoisotopic (exact) mass is 302 g/mol. The summed E-state index contributed by atoms with van der Waals surface area (Å²) in [6, 6.07) is 6.32. The lowest BCUT2D eigenvalue weighted by atomic mass is 10.1. The molecule has 2 heterocycles. The van der Waals surface area contributed by atoms with Gasteiger partial charge in [0.05, 0.1) is 21.7 Å². The number of rotatable bonds is 4. The van der Waals surface area contributed by atoms with Crippen molar-refractivity contribution in [3.8, 4) is 0 Å². The molecule has 0 radical (unpaired) electrons. The van der Waals surface area contributed by atoms with Gasteiger partial charge in [0.15, 0.2) is 0 Å². The molecule has 0 saturated carbocycles. The summed E-state index contributed by atoms with van der Waals surface area (Å²) in [6.45, 7) is 6.24. The molecule has 0 saturated heterocycles. The second-order valence-corrected chi connectivity index (χ2v) is 6.35. The number of benzene rings is 1. The first-order chi connectivity index (χ1) is 10.0. The van der Waals surface area contributed by atoms with Crippen LogP contribution in [0.5, 0.6) is 0 Å². The highest BCUT2D eigenvalue weighted by Gasteiger charge is 2.14. The van der Waals surface area contributed by atoms with Crippen LogP contribution in [0.25, 0.3) is 11.0 Å². The van der Waals surface area contributed by atoms with Gasteiger partial charge in [-0.2, -0.15) is 0 Å². The van der Waals surface area contributed by atoms with Crippen molar-refractivity contribution in [3.05, 3.63) is 50.3 Å². The Hall–Kier alpha value is -1.92. The van der Waals surface area contributed by atoms with Gasteiger partial charge in [0.1, 0.15) is 0 Å². The van der Waals surface area contributed by atoms with Gasteiger partial charge in [-0.25, -0.2) is 9.78 Å². The lowest BCUT2D eigenvalue weighted by Gasteiger charge is -2.19. The van der Waals surface area contributed by atoms with Gasteiger partial charge < -0.3 is 15.3 Å². The van der Waals surface area contributed by atoms with Gasteiger partial charge >= 0.3 is 5.69 Å². The molecular weight excluding hydrogens is 284 g/mol. The zero-order valence-electron chi connectivity index (χ0n) is 12.2. The molecular formula is C15H18N4OS. The molecule has 0 bridgehead atoms. The van der Waals surface area contributed by atoms with Gasteiger partial charge in [-0.05, 0) is 38.5 Å². The summed E-state index contributed by atoms with van der Waals surface area (Å²) < 4.78 is 0. The van der Waals surface area contributed by atoms with Crippen LogP contribution in [0.3, 0.4) is 0 Å². The van der Waals surface area contributed by atoms with E-state index in [0.717, 1.165) is 27.3 Å². The van der Waals surface area contributed by atoms with Crippen molar-refractivity contribution >= 4 is 22.4 Å². The van der Waals surface area contributed by atoms with Gasteiger partial charge in [0.2, 0.25) is 0 Å². The van der Waals surface area contributed by atoms with E-state index in [4.69, 9.17) is 0 Å². The van der Waals surface area contributed by atoms with Crippen molar-refractivity contribution in [2.24, 2.45) is 0 Å². The van der Waals surface area contributed by atoms with E-state index in [1.54, 1.807) is 11.3 Å². The van der Waals surface area contributed by atoms with Crippen LogP contribution < -0.4 is 11.0 Å². The summed E-state index contributed by atoms with van der Waals surface area (Å²) in [5.41, 5.74) is 3.70. The van der Waals surface area contributed by atoms with E-state index in [2.05, 4.69) is 39.5 Å². The van der Waals surface area contributed by atoms with E-state index in [9.17, 15) is 4.79 Å². The molecule has 1 aromatic carbocycles. The first kappa shape index (κ1) is 14.0. The van der Waals surface area contributed by atoms with Crippen molar-refractivity contribution in [1.82, 2.24) is 20.3 Å². The predicted octanol–water partition coefficient (Wildman–Crippen LogP) is 3.03. The molecule has 0 fully saturated rings. The quantitative estimate of drug-likeness (QED) is 0.693. The highest BCUT2D eigenvalue weighted by atomic mass is 32.1. The number of nitrogens with zero attached hydrogens (tertiary/aromatic N) is 1. The number of H-pyrrole nitrogens is 2. The van der Waals surface area contributed by atoms with Crippen LogP contribution in [-0.4, -0.2) is 15.0 Å². The van der Waals surface area contributed by atoms with Gasteiger partial charge in [0.25, 0.3) is 0 Å². The maximum absolute atomic E-state index is 11.3. The summed E-state index contributed by atoms with van der Waals surface area (Å²) in [7, 11) is 0. The SMILES string of the molecule is Cc1nc(C(C)NC(C)c2ccc3[nH]c(=O)[nH]c3c2)cs1. The number of hydrogen-bond donors (Lipinski definition) is 3. The Labute approximate surface area is 126 Å². The van der Waals surface area contributed by atoms with E-state index >= 15 is 0 Å².